The zero-order valence-corrected chi connectivity index (χ0v) is 19.3. The summed E-state index contributed by atoms with van der Waals surface area (Å²) in [6.07, 6.45) is 3.71. The van der Waals surface area contributed by atoms with Crippen molar-refractivity contribution in [1.29, 1.82) is 0 Å². The van der Waals surface area contributed by atoms with E-state index in [0.717, 1.165) is 43.4 Å². The van der Waals surface area contributed by atoms with Gasteiger partial charge in [0.05, 0.1) is 32.6 Å². The number of aryl methyl sites for hydroxylation is 3. The summed E-state index contributed by atoms with van der Waals surface area (Å²) >= 11 is 2.97. The fourth-order valence-corrected chi connectivity index (χ4v) is 5.19. The molecule has 2 N–H and O–H groups in total. The molecule has 32 heavy (non-hydrogen) atoms. The molecule has 0 unspecified atom stereocenters. The predicted molar refractivity (Wildman–Crippen MR) is 130 cm³/mol. The average Bonchev–Trinajstić information content (AvgIpc) is 3.46. The summed E-state index contributed by atoms with van der Waals surface area (Å²) in [4.78, 5) is 28.0. The number of imidazole rings is 1. The van der Waals surface area contributed by atoms with Crippen molar-refractivity contribution in [3.8, 4) is 11.4 Å². The van der Waals surface area contributed by atoms with Crippen molar-refractivity contribution in [2.24, 2.45) is 0 Å². The van der Waals surface area contributed by atoms with Gasteiger partial charge >= 0.3 is 0 Å². The fraction of sp³-hybridized carbons (Fsp3) is 0.130. The Labute approximate surface area is 192 Å². The minimum absolute atomic E-state index is 0.156. The van der Waals surface area contributed by atoms with Crippen LogP contribution in [-0.2, 0) is 0 Å². The Morgan fingerprint density at radius 3 is 2.69 bits per heavy atom. The topological polar surface area (TPSA) is 84.2 Å². The number of pyridine rings is 2. The van der Waals surface area contributed by atoms with Gasteiger partial charge in [-0.2, -0.15) is 0 Å². The van der Waals surface area contributed by atoms with Gasteiger partial charge in [0, 0.05) is 17.3 Å². The number of hydrogen-bond donors (Lipinski definition) is 2. The van der Waals surface area contributed by atoms with Crippen molar-refractivity contribution >= 4 is 50.0 Å². The number of carbonyl (C=O) groups excluding carboxylic acids is 1. The van der Waals surface area contributed by atoms with E-state index in [0.29, 0.717) is 10.6 Å². The molecule has 7 nitrogen and oxygen atoms in total. The Morgan fingerprint density at radius 1 is 0.969 bits per heavy atom. The molecule has 5 aromatic rings. The highest BCUT2D eigenvalue weighted by atomic mass is 32.1. The Morgan fingerprint density at radius 2 is 1.84 bits per heavy atom. The summed E-state index contributed by atoms with van der Waals surface area (Å²) in [5.41, 5.74) is 5.25. The molecule has 5 heterocycles. The zero-order valence-electron chi connectivity index (χ0n) is 17.7. The number of rotatable bonds is 5. The molecule has 5 rings (SSSR count). The van der Waals surface area contributed by atoms with E-state index in [1.807, 2.05) is 56.4 Å². The number of anilines is 3. The maximum atomic E-state index is 12.6. The largest absolute Gasteiger partial charge is 0.323 e. The smallest absolute Gasteiger partial charge is 0.265 e. The summed E-state index contributed by atoms with van der Waals surface area (Å²) in [5, 5.41) is 7.90. The highest BCUT2D eigenvalue weighted by molar-refractivity contribution is 7.19. The molecule has 1 amide bonds. The molecule has 0 aliphatic heterocycles. The van der Waals surface area contributed by atoms with E-state index in [1.54, 1.807) is 23.6 Å². The summed E-state index contributed by atoms with van der Waals surface area (Å²) in [6.45, 7) is 5.93. The number of nitrogens with one attached hydrogen (secondary N) is 2. The van der Waals surface area contributed by atoms with Gasteiger partial charge in [-0.3, -0.25) is 14.2 Å². The number of carbonyl (C=O) groups is 1. The number of amides is 1. The van der Waals surface area contributed by atoms with Gasteiger partial charge in [-0.05, 0) is 57.2 Å². The van der Waals surface area contributed by atoms with E-state index < -0.39 is 0 Å². The number of thiophene rings is 1. The van der Waals surface area contributed by atoms with Gasteiger partial charge in [-0.15, -0.1) is 22.7 Å². The molecule has 5 aromatic heterocycles. The van der Waals surface area contributed by atoms with Crippen LogP contribution in [0.4, 0.5) is 15.8 Å². The quantitative estimate of drug-likeness (QED) is 0.344. The van der Waals surface area contributed by atoms with Crippen molar-refractivity contribution < 1.29 is 4.79 Å². The molecule has 160 valence electrons. The lowest BCUT2D eigenvalue weighted by atomic mass is 10.2. The van der Waals surface area contributed by atoms with Gasteiger partial charge in [0.1, 0.15) is 11.3 Å². The first-order valence-corrected chi connectivity index (χ1v) is 11.6. The Balaban J connectivity index is 1.37. The first-order chi connectivity index (χ1) is 15.5. The van der Waals surface area contributed by atoms with E-state index in [2.05, 4.69) is 31.9 Å². The molecule has 0 aliphatic carbocycles. The number of hydrogen-bond acceptors (Lipinski definition) is 7. The van der Waals surface area contributed by atoms with E-state index in [1.165, 1.54) is 11.3 Å². The van der Waals surface area contributed by atoms with E-state index in [-0.39, 0.29) is 5.91 Å². The summed E-state index contributed by atoms with van der Waals surface area (Å²) < 4.78 is 2.06. The molecule has 0 bridgehead atoms. The van der Waals surface area contributed by atoms with Gasteiger partial charge in [-0.25, -0.2) is 9.97 Å². The van der Waals surface area contributed by atoms with E-state index >= 15 is 0 Å². The van der Waals surface area contributed by atoms with Gasteiger partial charge in [0.15, 0.2) is 5.13 Å². The molecule has 0 saturated heterocycles. The van der Waals surface area contributed by atoms with E-state index in [4.69, 9.17) is 4.98 Å². The molecule has 0 aromatic carbocycles. The van der Waals surface area contributed by atoms with Gasteiger partial charge in [0.25, 0.3) is 5.91 Å². The maximum Gasteiger partial charge on any atom is 0.265 e. The lowest BCUT2D eigenvalue weighted by Crippen LogP contribution is -2.11. The van der Waals surface area contributed by atoms with Crippen LogP contribution >= 0.6 is 22.7 Å². The molecule has 0 saturated carbocycles. The van der Waals surface area contributed by atoms with Crippen LogP contribution in [0.1, 0.15) is 25.9 Å². The number of thiazole rings is 1. The summed E-state index contributed by atoms with van der Waals surface area (Å²) in [7, 11) is 0. The van der Waals surface area contributed by atoms with Crippen molar-refractivity contribution in [2.45, 2.75) is 20.8 Å². The van der Waals surface area contributed by atoms with Crippen molar-refractivity contribution in [2.75, 3.05) is 10.6 Å². The Bertz CT molecular complexity index is 1450. The fourth-order valence-electron chi connectivity index (χ4n) is 3.50. The normalized spacial score (nSPS) is 11.1. The molecule has 0 fully saturated rings. The Hall–Kier alpha value is -3.56. The molecular formula is C23H20N6OS2. The maximum absolute atomic E-state index is 12.6. The first kappa shape index (κ1) is 20.3. The van der Waals surface area contributed by atoms with Crippen molar-refractivity contribution in [1.82, 2.24) is 19.4 Å². The third-order valence-electron chi connectivity index (χ3n) is 5.04. The van der Waals surface area contributed by atoms with Gasteiger partial charge in [-0.1, -0.05) is 6.07 Å². The molecule has 0 radical (unpaired) electrons. The molecular weight excluding hydrogens is 440 g/mol. The van der Waals surface area contributed by atoms with Crippen LogP contribution in [0.15, 0.2) is 54.9 Å². The third kappa shape index (κ3) is 3.76. The summed E-state index contributed by atoms with van der Waals surface area (Å²) in [5.74, 6) is -0.156. The highest BCUT2D eigenvalue weighted by Gasteiger charge is 2.18. The number of fused-ring (bicyclic) bond motifs is 1. The SMILES string of the molecule is Cc1ncccc1NC(=O)c1ccc(Nc2nc(-c3c(C)nc4ccccn34)c(C)s2)s1. The molecule has 0 spiro atoms. The van der Waals surface area contributed by atoms with Crippen LogP contribution in [0.3, 0.4) is 0 Å². The van der Waals surface area contributed by atoms with Crippen LogP contribution < -0.4 is 10.6 Å². The van der Waals surface area contributed by atoms with Crippen molar-refractivity contribution in [3.63, 3.8) is 0 Å². The average molecular weight is 461 g/mol. The summed E-state index contributed by atoms with van der Waals surface area (Å²) in [6, 6.07) is 13.3. The standard InChI is InChI=1S/C23H20N6OS2/c1-13-16(7-6-11-24-13)26-22(30)17-9-10-19(32-17)27-23-28-20(15(3)31-23)21-14(2)25-18-8-4-5-12-29(18)21/h4-12H,1-3H3,(H,26,30)(H,27,28). The molecule has 0 atom stereocenters. The Kier molecular flexibility index (Phi) is 5.20. The zero-order chi connectivity index (χ0) is 22.2. The number of aromatic nitrogens is 4. The monoisotopic (exact) mass is 460 g/mol. The minimum atomic E-state index is -0.156. The second-order valence-electron chi connectivity index (χ2n) is 7.28. The van der Waals surface area contributed by atoms with Crippen LogP contribution in [0.25, 0.3) is 17.0 Å². The number of nitrogens with zero attached hydrogens (tertiary/aromatic N) is 4. The molecule has 0 aliphatic rings. The van der Waals surface area contributed by atoms with Crippen LogP contribution in [0, 0.1) is 20.8 Å². The van der Waals surface area contributed by atoms with Gasteiger partial charge < -0.3 is 10.6 Å². The lowest BCUT2D eigenvalue weighted by molar-refractivity contribution is 0.103. The molecule has 9 heteroatoms. The van der Waals surface area contributed by atoms with Crippen LogP contribution in [0.2, 0.25) is 0 Å². The first-order valence-electron chi connectivity index (χ1n) is 10.0. The predicted octanol–water partition coefficient (Wildman–Crippen LogP) is 5.84. The van der Waals surface area contributed by atoms with Crippen LogP contribution in [-0.4, -0.2) is 25.3 Å². The van der Waals surface area contributed by atoms with Gasteiger partial charge in [0.2, 0.25) is 0 Å². The van der Waals surface area contributed by atoms with Crippen LogP contribution in [0.5, 0.6) is 0 Å². The highest BCUT2D eigenvalue weighted by Crippen LogP contribution is 2.35. The second-order valence-corrected chi connectivity index (χ2v) is 9.56. The second kappa shape index (κ2) is 8.18. The minimum Gasteiger partial charge on any atom is -0.323 e. The van der Waals surface area contributed by atoms with E-state index in [9.17, 15) is 4.79 Å². The van der Waals surface area contributed by atoms with Crippen molar-refractivity contribution in [3.05, 3.63) is 76.0 Å². The lowest BCUT2D eigenvalue weighted by Gasteiger charge is -2.05. The third-order valence-corrected chi connectivity index (χ3v) is 6.93.